The predicted molar refractivity (Wildman–Crippen MR) is 136 cm³/mol. The van der Waals surface area contributed by atoms with E-state index in [-0.39, 0.29) is 17.9 Å². The third-order valence-corrected chi connectivity index (χ3v) is 7.70. The summed E-state index contributed by atoms with van der Waals surface area (Å²) >= 11 is 1.38. The summed E-state index contributed by atoms with van der Waals surface area (Å²) in [6.45, 7) is 5.53. The third-order valence-electron chi connectivity index (χ3n) is 6.94. The molecule has 0 N–H and O–H groups in total. The molecule has 0 aliphatic carbocycles. The van der Waals surface area contributed by atoms with Gasteiger partial charge in [-0.3, -0.25) is 14.5 Å². The number of fused-ring (bicyclic) bond motifs is 1. The van der Waals surface area contributed by atoms with Gasteiger partial charge in [-0.15, -0.1) is 11.3 Å². The van der Waals surface area contributed by atoms with Gasteiger partial charge in [0.1, 0.15) is 5.82 Å². The molecule has 35 heavy (non-hydrogen) atoms. The van der Waals surface area contributed by atoms with E-state index in [0.29, 0.717) is 31.1 Å². The highest BCUT2D eigenvalue weighted by atomic mass is 32.1. The number of anilines is 1. The van der Waals surface area contributed by atoms with Crippen LogP contribution in [0.2, 0.25) is 0 Å². The van der Waals surface area contributed by atoms with Crippen molar-refractivity contribution in [3.05, 3.63) is 70.9 Å². The van der Waals surface area contributed by atoms with Gasteiger partial charge in [-0.25, -0.2) is 9.97 Å². The van der Waals surface area contributed by atoms with E-state index in [9.17, 15) is 9.59 Å². The van der Waals surface area contributed by atoms with Crippen molar-refractivity contribution in [2.24, 2.45) is 0 Å². The fourth-order valence-electron chi connectivity index (χ4n) is 5.10. The molecular weight excluding hydrogens is 460 g/mol. The molecule has 2 aliphatic rings. The molecule has 0 bridgehead atoms. The maximum absolute atomic E-state index is 13.0. The summed E-state index contributed by atoms with van der Waals surface area (Å²) < 4.78 is 2.08. The number of benzene rings is 1. The molecule has 3 aromatic heterocycles. The smallest absolute Gasteiger partial charge is 0.282 e. The molecule has 1 aromatic carbocycles. The Labute approximate surface area is 207 Å². The summed E-state index contributed by atoms with van der Waals surface area (Å²) in [6, 6.07) is 14.4. The Morgan fingerprint density at radius 2 is 1.94 bits per heavy atom. The molecule has 0 radical (unpaired) electrons. The van der Waals surface area contributed by atoms with Gasteiger partial charge in [-0.2, -0.15) is 0 Å². The lowest BCUT2D eigenvalue weighted by molar-refractivity contribution is -0.117. The molecule has 5 heterocycles. The number of carbonyl (C=O) groups excluding carboxylic acids is 2. The monoisotopic (exact) mass is 486 g/mol. The summed E-state index contributed by atoms with van der Waals surface area (Å²) in [7, 11) is 0. The summed E-state index contributed by atoms with van der Waals surface area (Å²) in [5.74, 6) is 1.04. The number of piperazine rings is 1. The molecule has 2 aliphatic heterocycles. The number of pyridine rings is 1. The zero-order chi connectivity index (χ0) is 23.9. The van der Waals surface area contributed by atoms with E-state index < -0.39 is 0 Å². The second kappa shape index (κ2) is 8.90. The molecule has 1 atom stereocenters. The van der Waals surface area contributed by atoms with Crippen molar-refractivity contribution in [3.63, 3.8) is 0 Å². The molecule has 9 heteroatoms. The second-order valence-electron chi connectivity index (χ2n) is 9.09. The molecule has 8 nitrogen and oxygen atoms in total. The maximum Gasteiger partial charge on any atom is 0.282 e. The molecule has 2 fully saturated rings. The zero-order valence-corrected chi connectivity index (χ0v) is 20.3. The first-order chi connectivity index (χ1) is 17.1. The third kappa shape index (κ3) is 4.11. The topological polar surface area (TPSA) is 74.6 Å². The van der Waals surface area contributed by atoms with Gasteiger partial charge in [0.25, 0.3) is 5.91 Å². The minimum Gasteiger partial charge on any atom is -0.334 e. The highest BCUT2D eigenvalue weighted by Gasteiger charge is 2.36. The van der Waals surface area contributed by atoms with Crippen molar-refractivity contribution in [1.29, 1.82) is 0 Å². The number of rotatable bonds is 4. The highest BCUT2D eigenvalue weighted by Crippen LogP contribution is 2.29. The van der Waals surface area contributed by atoms with Gasteiger partial charge >= 0.3 is 0 Å². The predicted octanol–water partition coefficient (Wildman–Crippen LogP) is 3.35. The molecule has 0 spiro atoms. The van der Waals surface area contributed by atoms with E-state index in [2.05, 4.69) is 37.6 Å². The van der Waals surface area contributed by atoms with Gasteiger partial charge in [-0.1, -0.05) is 6.07 Å². The molecule has 2 saturated heterocycles. The Morgan fingerprint density at radius 3 is 2.71 bits per heavy atom. The van der Waals surface area contributed by atoms with Crippen molar-refractivity contribution in [2.45, 2.75) is 19.4 Å². The van der Waals surface area contributed by atoms with E-state index in [4.69, 9.17) is 0 Å². The summed E-state index contributed by atoms with van der Waals surface area (Å²) in [5, 5.41) is 3.45. The molecule has 0 saturated carbocycles. The van der Waals surface area contributed by atoms with Crippen LogP contribution in [-0.4, -0.2) is 74.9 Å². The molecule has 178 valence electrons. The van der Waals surface area contributed by atoms with E-state index in [1.54, 1.807) is 6.20 Å². The van der Waals surface area contributed by atoms with Gasteiger partial charge in [0.15, 0.2) is 5.01 Å². The molecular formula is C26H26N6O2S. The van der Waals surface area contributed by atoms with E-state index in [1.165, 1.54) is 11.3 Å². The van der Waals surface area contributed by atoms with Crippen molar-refractivity contribution < 1.29 is 9.59 Å². The van der Waals surface area contributed by atoms with Gasteiger partial charge in [0.05, 0.1) is 5.52 Å². The largest absolute Gasteiger partial charge is 0.334 e. The number of hydrogen-bond donors (Lipinski definition) is 0. The van der Waals surface area contributed by atoms with Crippen LogP contribution >= 0.6 is 11.3 Å². The normalized spacial score (nSPS) is 19.1. The first-order valence-corrected chi connectivity index (χ1v) is 12.7. The fourth-order valence-corrected chi connectivity index (χ4v) is 5.70. The first-order valence-electron chi connectivity index (χ1n) is 11.9. The fraction of sp³-hybridized carbons (Fsp3) is 0.308. The Morgan fingerprint density at radius 1 is 1.09 bits per heavy atom. The lowest BCUT2D eigenvalue weighted by Crippen LogP contribution is -2.52. The lowest BCUT2D eigenvalue weighted by atomic mass is 10.2. The highest BCUT2D eigenvalue weighted by molar-refractivity contribution is 7.11. The van der Waals surface area contributed by atoms with Gasteiger partial charge < -0.3 is 14.4 Å². The molecule has 4 aromatic rings. The Hall–Kier alpha value is -3.56. The van der Waals surface area contributed by atoms with Crippen molar-refractivity contribution in [2.75, 3.05) is 37.6 Å². The standard InChI is InChI=1S/C26H26N6O2S/c1-18-3-2-4-23(28-18)31-9-7-19-15-20(5-6-22(19)31)32-17-21(16-24(32)33)29-10-12-30(13-11-29)26(34)25-27-8-14-35-25/h2-9,14-15,21H,10-13,16-17H2,1H3. The van der Waals surface area contributed by atoms with Crippen LogP contribution in [0.15, 0.2) is 60.2 Å². The number of thiazole rings is 1. The molecule has 1 unspecified atom stereocenters. The van der Waals surface area contributed by atoms with Crippen LogP contribution in [0.3, 0.4) is 0 Å². The molecule has 2 amide bonds. The minimum absolute atomic E-state index is 0.00452. The summed E-state index contributed by atoms with van der Waals surface area (Å²) in [4.78, 5) is 40.4. The van der Waals surface area contributed by atoms with Crippen LogP contribution in [0.25, 0.3) is 16.7 Å². The average Bonchev–Trinajstić information content (AvgIpc) is 3.63. The Kier molecular flexibility index (Phi) is 5.58. The van der Waals surface area contributed by atoms with Crippen molar-refractivity contribution in [3.8, 4) is 5.82 Å². The Balaban J connectivity index is 1.14. The van der Waals surface area contributed by atoms with Crippen molar-refractivity contribution in [1.82, 2.24) is 24.3 Å². The van der Waals surface area contributed by atoms with Gasteiger partial charge in [0, 0.05) is 79.7 Å². The number of aromatic nitrogens is 3. The molecule has 6 rings (SSSR count). The van der Waals surface area contributed by atoms with Crippen LogP contribution in [0, 0.1) is 6.92 Å². The zero-order valence-electron chi connectivity index (χ0n) is 19.5. The maximum atomic E-state index is 13.0. The van der Waals surface area contributed by atoms with Crippen LogP contribution in [-0.2, 0) is 4.79 Å². The quantitative estimate of drug-likeness (QED) is 0.442. The van der Waals surface area contributed by atoms with Crippen LogP contribution in [0.4, 0.5) is 5.69 Å². The van der Waals surface area contributed by atoms with Gasteiger partial charge in [0.2, 0.25) is 5.91 Å². The van der Waals surface area contributed by atoms with E-state index >= 15 is 0 Å². The number of amides is 2. The van der Waals surface area contributed by atoms with Gasteiger partial charge in [-0.05, 0) is 43.3 Å². The number of hydrogen-bond acceptors (Lipinski definition) is 6. The van der Waals surface area contributed by atoms with E-state index in [1.807, 2.05) is 52.6 Å². The van der Waals surface area contributed by atoms with Crippen LogP contribution in [0.1, 0.15) is 21.9 Å². The first kappa shape index (κ1) is 21.9. The van der Waals surface area contributed by atoms with Crippen LogP contribution < -0.4 is 4.90 Å². The minimum atomic E-state index is 0.00452. The van der Waals surface area contributed by atoms with Crippen LogP contribution in [0.5, 0.6) is 0 Å². The second-order valence-corrected chi connectivity index (χ2v) is 9.99. The number of aryl methyl sites for hydroxylation is 1. The average molecular weight is 487 g/mol. The summed E-state index contributed by atoms with van der Waals surface area (Å²) in [5.41, 5.74) is 2.97. The SMILES string of the molecule is Cc1cccc(-n2ccc3cc(N4CC(N5CCN(C(=O)c6nccs6)CC5)CC4=O)ccc32)n1. The van der Waals surface area contributed by atoms with Crippen molar-refractivity contribution >= 4 is 39.7 Å². The lowest BCUT2D eigenvalue weighted by Gasteiger charge is -2.37. The summed E-state index contributed by atoms with van der Waals surface area (Å²) in [6.07, 6.45) is 4.20. The Bertz CT molecular complexity index is 1390. The number of carbonyl (C=O) groups is 2. The van der Waals surface area contributed by atoms with E-state index in [0.717, 1.165) is 41.2 Å². The number of nitrogens with zero attached hydrogens (tertiary/aromatic N) is 6.